The first kappa shape index (κ1) is 19.1. The predicted molar refractivity (Wildman–Crippen MR) is 101 cm³/mol. The molecule has 1 saturated heterocycles. The van der Waals surface area contributed by atoms with Gasteiger partial charge >= 0.3 is 5.97 Å². The number of ether oxygens (including phenoxy) is 1. The zero-order chi connectivity index (χ0) is 19.7. The zero-order valence-corrected chi connectivity index (χ0v) is 16.0. The van der Waals surface area contributed by atoms with E-state index in [9.17, 15) is 19.7 Å². The maximum Gasteiger partial charge on any atom is 0.338 e. The summed E-state index contributed by atoms with van der Waals surface area (Å²) < 4.78 is 5.16. The summed E-state index contributed by atoms with van der Waals surface area (Å²) in [6, 6.07) is 5.20. The molecule has 1 aromatic carbocycles. The van der Waals surface area contributed by atoms with Crippen LogP contribution < -0.4 is 0 Å². The van der Waals surface area contributed by atoms with Crippen molar-refractivity contribution in [2.75, 3.05) is 6.61 Å². The van der Waals surface area contributed by atoms with E-state index in [1.165, 1.54) is 22.7 Å². The van der Waals surface area contributed by atoms with Gasteiger partial charge < -0.3 is 4.74 Å². The zero-order valence-electron chi connectivity index (χ0n) is 15.2. The minimum absolute atomic E-state index is 0.149. The standard InChI is InChI=1S/C18H19N3O5S/c1-4-13-16(22)20-15(11-8-6-7-9-12(11)21(24)25)14(17(23)26-5-2)10(3)19-18(20)27-13/h6-9,13,15H,4-5H2,1-3H3/t13-,15-/m0/s1. The first-order valence-electron chi connectivity index (χ1n) is 8.60. The first-order valence-corrected chi connectivity index (χ1v) is 9.48. The highest BCUT2D eigenvalue weighted by Gasteiger charge is 2.48. The van der Waals surface area contributed by atoms with Crippen LogP contribution in [-0.2, 0) is 14.3 Å². The fourth-order valence-corrected chi connectivity index (χ4v) is 4.37. The molecule has 1 amide bonds. The van der Waals surface area contributed by atoms with E-state index in [-0.39, 0.29) is 34.6 Å². The van der Waals surface area contributed by atoms with Gasteiger partial charge in [0.1, 0.15) is 6.04 Å². The van der Waals surface area contributed by atoms with Crippen molar-refractivity contribution in [1.29, 1.82) is 0 Å². The Hall–Kier alpha value is -2.68. The third kappa shape index (κ3) is 3.23. The Labute approximate surface area is 160 Å². The number of esters is 1. The molecule has 0 bridgehead atoms. The fourth-order valence-electron chi connectivity index (χ4n) is 3.24. The van der Waals surface area contributed by atoms with Gasteiger partial charge in [-0.15, -0.1) is 0 Å². The van der Waals surface area contributed by atoms with Crippen LogP contribution in [0.25, 0.3) is 0 Å². The highest BCUT2D eigenvalue weighted by molar-refractivity contribution is 8.15. The molecule has 0 aromatic heterocycles. The molecule has 2 aliphatic heterocycles. The summed E-state index contributed by atoms with van der Waals surface area (Å²) in [5.74, 6) is -0.836. The van der Waals surface area contributed by atoms with Crippen LogP contribution in [0.15, 0.2) is 40.5 Å². The number of nitro groups is 1. The molecule has 2 aliphatic rings. The van der Waals surface area contributed by atoms with E-state index >= 15 is 0 Å². The predicted octanol–water partition coefficient (Wildman–Crippen LogP) is 3.20. The van der Waals surface area contributed by atoms with Crippen molar-refractivity contribution < 1.29 is 19.2 Å². The third-order valence-electron chi connectivity index (χ3n) is 4.45. The van der Waals surface area contributed by atoms with Gasteiger partial charge in [-0.3, -0.25) is 19.8 Å². The molecule has 1 aromatic rings. The van der Waals surface area contributed by atoms with Crippen LogP contribution in [0.3, 0.4) is 0 Å². The number of nitro benzene ring substituents is 1. The summed E-state index contributed by atoms with van der Waals surface area (Å²) >= 11 is 1.32. The molecule has 0 aliphatic carbocycles. The fraction of sp³-hybridized carbons (Fsp3) is 0.389. The van der Waals surface area contributed by atoms with Crippen LogP contribution in [0.1, 0.15) is 38.8 Å². The average molecular weight is 389 g/mol. The van der Waals surface area contributed by atoms with Gasteiger partial charge in [-0.25, -0.2) is 9.79 Å². The molecule has 0 radical (unpaired) electrons. The summed E-state index contributed by atoms with van der Waals surface area (Å²) in [4.78, 5) is 42.5. The van der Waals surface area contributed by atoms with E-state index in [2.05, 4.69) is 4.99 Å². The number of amides is 1. The number of carbonyl (C=O) groups is 2. The second-order valence-electron chi connectivity index (χ2n) is 6.06. The largest absolute Gasteiger partial charge is 0.463 e. The van der Waals surface area contributed by atoms with Crippen molar-refractivity contribution in [2.45, 2.75) is 38.5 Å². The van der Waals surface area contributed by atoms with Gasteiger partial charge in [0.05, 0.1) is 33.6 Å². The average Bonchev–Trinajstić information content (AvgIpc) is 2.96. The lowest BCUT2D eigenvalue weighted by Crippen LogP contribution is -2.41. The molecule has 2 atom stereocenters. The van der Waals surface area contributed by atoms with E-state index < -0.39 is 16.9 Å². The summed E-state index contributed by atoms with van der Waals surface area (Å²) in [6.45, 7) is 5.37. The van der Waals surface area contributed by atoms with Gasteiger partial charge in [-0.1, -0.05) is 30.8 Å². The summed E-state index contributed by atoms with van der Waals surface area (Å²) in [7, 11) is 0. The Morgan fingerprint density at radius 2 is 2.07 bits per heavy atom. The highest BCUT2D eigenvalue weighted by atomic mass is 32.2. The van der Waals surface area contributed by atoms with Crippen molar-refractivity contribution in [1.82, 2.24) is 4.90 Å². The molecule has 8 nitrogen and oxygen atoms in total. The van der Waals surface area contributed by atoms with Crippen molar-refractivity contribution in [3.05, 3.63) is 51.2 Å². The topological polar surface area (TPSA) is 102 Å². The molecule has 0 unspecified atom stereocenters. The Morgan fingerprint density at radius 3 is 2.70 bits per heavy atom. The number of carbonyl (C=O) groups excluding carboxylic acids is 2. The van der Waals surface area contributed by atoms with Crippen molar-refractivity contribution in [2.24, 2.45) is 4.99 Å². The lowest BCUT2D eigenvalue weighted by atomic mass is 9.93. The maximum atomic E-state index is 12.9. The Bertz CT molecular complexity index is 880. The monoisotopic (exact) mass is 389 g/mol. The molecule has 3 rings (SSSR count). The summed E-state index contributed by atoms with van der Waals surface area (Å²) in [5.41, 5.74) is 0.666. The van der Waals surface area contributed by atoms with Crippen LogP contribution in [0.4, 0.5) is 5.69 Å². The lowest BCUT2D eigenvalue weighted by molar-refractivity contribution is -0.385. The Kier molecular flexibility index (Phi) is 5.31. The molecule has 0 saturated carbocycles. The van der Waals surface area contributed by atoms with Crippen LogP contribution in [-0.4, -0.2) is 38.7 Å². The van der Waals surface area contributed by atoms with Gasteiger partial charge in [0.2, 0.25) is 5.91 Å². The van der Waals surface area contributed by atoms with Crippen molar-refractivity contribution >= 4 is 34.5 Å². The molecular weight excluding hydrogens is 370 g/mol. The number of fused-ring (bicyclic) bond motifs is 1. The Morgan fingerprint density at radius 1 is 1.37 bits per heavy atom. The number of benzene rings is 1. The van der Waals surface area contributed by atoms with Gasteiger partial charge in [0.25, 0.3) is 5.69 Å². The molecule has 142 valence electrons. The number of aliphatic imine (C=N–C) groups is 1. The maximum absolute atomic E-state index is 12.9. The summed E-state index contributed by atoms with van der Waals surface area (Å²) in [5, 5.41) is 11.7. The quantitative estimate of drug-likeness (QED) is 0.435. The molecule has 1 fully saturated rings. The number of nitrogens with zero attached hydrogens (tertiary/aromatic N) is 3. The van der Waals surface area contributed by atoms with E-state index in [1.807, 2.05) is 6.92 Å². The number of para-hydroxylation sites is 1. The van der Waals surface area contributed by atoms with Crippen molar-refractivity contribution in [3.63, 3.8) is 0 Å². The van der Waals surface area contributed by atoms with Crippen LogP contribution in [0, 0.1) is 10.1 Å². The van der Waals surface area contributed by atoms with E-state index in [0.717, 1.165) is 0 Å². The minimum Gasteiger partial charge on any atom is -0.463 e. The molecule has 9 heteroatoms. The SMILES string of the molecule is CCOC(=O)C1=C(C)N=C2S[C@@H](CC)C(=O)N2[C@H]1c1ccccc1[N+](=O)[O-]. The smallest absolute Gasteiger partial charge is 0.338 e. The minimum atomic E-state index is -0.935. The number of hydrogen-bond donors (Lipinski definition) is 0. The number of allylic oxidation sites excluding steroid dienone is 1. The lowest BCUT2D eigenvalue weighted by Gasteiger charge is -2.32. The molecule has 0 spiro atoms. The number of thioether (sulfide) groups is 1. The van der Waals surface area contributed by atoms with E-state index in [4.69, 9.17) is 4.74 Å². The summed E-state index contributed by atoms with van der Waals surface area (Å²) in [6.07, 6.45) is 0.594. The van der Waals surface area contributed by atoms with Crippen LogP contribution in [0.2, 0.25) is 0 Å². The van der Waals surface area contributed by atoms with E-state index in [0.29, 0.717) is 17.3 Å². The highest BCUT2D eigenvalue weighted by Crippen LogP contribution is 2.45. The van der Waals surface area contributed by atoms with Gasteiger partial charge in [0.15, 0.2) is 5.17 Å². The second kappa shape index (κ2) is 7.51. The number of hydrogen-bond acceptors (Lipinski definition) is 7. The van der Waals surface area contributed by atoms with Crippen LogP contribution >= 0.6 is 11.8 Å². The van der Waals surface area contributed by atoms with Crippen molar-refractivity contribution in [3.8, 4) is 0 Å². The third-order valence-corrected chi connectivity index (χ3v) is 5.76. The number of rotatable bonds is 5. The number of amidine groups is 1. The van der Waals surface area contributed by atoms with Gasteiger partial charge in [-0.05, 0) is 26.3 Å². The van der Waals surface area contributed by atoms with Gasteiger partial charge in [0, 0.05) is 6.07 Å². The Balaban J connectivity index is 2.22. The second-order valence-corrected chi connectivity index (χ2v) is 7.23. The molecular formula is C18H19N3O5S. The normalized spacial score (nSPS) is 21.8. The first-order chi connectivity index (χ1) is 12.9. The molecule has 27 heavy (non-hydrogen) atoms. The van der Waals surface area contributed by atoms with Crippen LogP contribution in [0.5, 0.6) is 0 Å². The van der Waals surface area contributed by atoms with Gasteiger partial charge in [-0.2, -0.15) is 0 Å². The molecule has 2 heterocycles. The molecule has 0 N–H and O–H groups in total. The van der Waals surface area contributed by atoms with E-state index in [1.54, 1.807) is 32.0 Å².